The lowest BCUT2D eigenvalue weighted by Gasteiger charge is -2.15. The second-order valence-corrected chi connectivity index (χ2v) is 3.02. The summed E-state index contributed by atoms with van der Waals surface area (Å²) in [5, 5.41) is 8.67. The van der Waals surface area contributed by atoms with Crippen LogP contribution in [0.25, 0.3) is 0 Å². The quantitative estimate of drug-likeness (QED) is 0.808. The lowest BCUT2D eigenvalue weighted by atomic mass is 10.2. The van der Waals surface area contributed by atoms with Gasteiger partial charge in [-0.05, 0) is 12.1 Å². The fourth-order valence-corrected chi connectivity index (χ4v) is 0.973. The van der Waals surface area contributed by atoms with Crippen LogP contribution in [-0.4, -0.2) is 30.3 Å². The van der Waals surface area contributed by atoms with E-state index in [1.807, 2.05) is 0 Å². The van der Waals surface area contributed by atoms with Crippen molar-refractivity contribution >= 4 is 6.29 Å². The summed E-state index contributed by atoms with van der Waals surface area (Å²) in [6, 6.07) is 5.83. The first-order valence-corrected chi connectivity index (χ1v) is 4.37. The lowest BCUT2D eigenvalue weighted by Crippen LogP contribution is -2.34. The molecule has 1 aromatic rings. The lowest BCUT2D eigenvalue weighted by molar-refractivity contribution is -0.210. The minimum Gasteiger partial charge on any atom is -0.490 e. The second kappa shape index (κ2) is 4.98. The highest BCUT2D eigenvalue weighted by Crippen LogP contribution is 2.22. The first-order valence-electron chi connectivity index (χ1n) is 4.37. The number of carbonyl (C=O) groups is 1. The molecule has 16 heavy (non-hydrogen) atoms. The molecule has 0 radical (unpaired) electrons. The molecule has 1 N–H and O–H groups in total. The Labute approximate surface area is 89.5 Å². The average molecular weight is 234 g/mol. The number of aldehydes is 1. The predicted molar refractivity (Wildman–Crippen MR) is 49.4 cm³/mol. The number of carbonyl (C=O) groups excluding carboxylic acids is 1. The molecule has 1 atom stereocenters. The molecule has 6 heteroatoms. The van der Waals surface area contributed by atoms with Crippen molar-refractivity contribution in [3.63, 3.8) is 0 Å². The van der Waals surface area contributed by atoms with Gasteiger partial charge in [0.25, 0.3) is 0 Å². The number of benzene rings is 1. The van der Waals surface area contributed by atoms with Gasteiger partial charge in [-0.15, -0.1) is 0 Å². The molecule has 88 valence electrons. The van der Waals surface area contributed by atoms with E-state index in [1.54, 1.807) is 6.07 Å². The van der Waals surface area contributed by atoms with E-state index in [4.69, 9.17) is 9.84 Å². The molecule has 1 rings (SSSR count). The van der Waals surface area contributed by atoms with Gasteiger partial charge in [-0.2, -0.15) is 13.2 Å². The van der Waals surface area contributed by atoms with E-state index in [0.29, 0.717) is 6.29 Å². The zero-order valence-corrected chi connectivity index (χ0v) is 8.07. The third-order valence-corrected chi connectivity index (χ3v) is 1.82. The molecule has 0 aliphatic carbocycles. The topological polar surface area (TPSA) is 46.5 Å². The number of halogens is 3. The highest BCUT2D eigenvalue weighted by Gasteiger charge is 2.38. The predicted octanol–water partition coefficient (Wildman–Crippen LogP) is 1.80. The van der Waals surface area contributed by atoms with Crippen LogP contribution in [0.1, 0.15) is 10.4 Å². The Morgan fingerprint density at radius 2 is 2.00 bits per heavy atom. The summed E-state index contributed by atoms with van der Waals surface area (Å²) in [6.07, 6.45) is -6.82. The van der Waals surface area contributed by atoms with Crippen molar-refractivity contribution in [3.05, 3.63) is 29.8 Å². The first-order chi connectivity index (χ1) is 7.45. The number of ether oxygens (including phenoxy) is 1. The van der Waals surface area contributed by atoms with Gasteiger partial charge in [0.1, 0.15) is 12.4 Å². The summed E-state index contributed by atoms with van der Waals surface area (Å²) < 4.78 is 40.5. The van der Waals surface area contributed by atoms with Gasteiger partial charge < -0.3 is 9.84 Å². The van der Waals surface area contributed by atoms with Gasteiger partial charge in [0, 0.05) is 0 Å². The summed E-state index contributed by atoms with van der Waals surface area (Å²) in [6.45, 7) is -0.936. The van der Waals surface area contributed by atoms with Crippen LogP contribution in [0.4, 0.5) is 13.2 Å². The molecule has 1 aromatic carbocycles. The van der Waals surface area contributed by atoms with Crippen LogP contribution in [0.5, 0.6) is 5.75 Å². The van der Waals surface area contributed by atoms with Crippen LogP contribution in [0.2, 0.25) is 0 Å². The van der Waals surface area contributed by atoms with E-state index in [9.17, 15) is 18.0 Å². The Hall–Kier alpha value is -1.56. The Kier molecular flexibility index (Phi) is 3.89. The highest BCUT2D eigenvalue weighted by molar-refractivity contribution is 5.79. The first kappa shape index (κ1) is 12.5. The van der Waals surface area contributed by atoms with Crippen LogP contribution < -0.4 is 4.74 Å². The van der Waals surface area contributed by atoms with E-state index in [-0.39, 0.29) is 11.3 Å². The van der Waals surface area contributed by atoms with Gasteiger partial charge in [0.05, 0.1) is 5.56 Å². The van der Waals surface area contributed by atoms with Gasteiger partial charge >= 0.3 is 6.18 Å². The Morgan fingerprint density at radius 1 is 1.38 bits per heavy atom. The van der Waals surface area contributed by atoms with E-state index >= 15 is 0 Å². The maximum Gasteiger partial charge on any atom is 0.417 e. The number of hydrogen-bond donors (Lipinski definition) is 1. The van der Waals surface area contributed by atoms with E-state index in [2.05, 4.69) is 0 Å². The number of aliphatic hydroxyl groups excluding tert-OH is 1. The van der Waals surface area contributed by atoms with Crippen LogP contribution in [0.15, 0.2) is 24.3 Å². The van der Waals surface area contributed by atoms with Crippen molar-refractivity contribution in [1.29, 1.82) is 0 Å². The van der Waals surface area contributed by atoms with Gasteiger partial charge in [0.15, 0.2) is 12.4 Å². The van der Waals surface area contributed by atoms with E-state index < -0.39 is 18.9 Å². The monoisotopic (exact) mass is 234 g/mol. The number of rotatable bonds is 4. The highest BCUT2D eigenvalue weighted by atomic mass is 19.4. The fourth-order valence-electron chi connectivity index (χ4n) is 0.973. The van der Waals surface area contributed by atoms with Gasteiger partial charge in [-0.3, -0.25) is 4.79 Å². The molecule has 0 aliphatic heterocycles. The number of alkyl halides is 3. The maximum absolute atomic E-state index is 11.9. The smallest absolute Gasteiger partial charge is 0.417 e. The molecule has 0 bridgehead atoms. The molecular formula is C10H9F3O3. The zero-order chi connectivity index (χ0) is 12.2. The summed E-state index contributed by atoms with van der Waals surface area (Å²) in [5.74, 6) is 0.0146. The molecule has 0 aliphatic rings. The molecule has 0 fully saturated rings. The summed E-state index contributed by atoms with van der Waals surface area (Å²) >= 11 is 0. The summed E-state index contributed by atoms with van der Waals surface area (Å²) in [7, 11) is 0. The molecule has 0 spiro atoms. The Balaban J connectivity index is 2.64. The summed E-state index contributed by atoms with van der Waals surface area (Å²) in [4.78, 5) is 10.5. The number of aliphatic hydroxyl groups is 1. The Morgan fingerprint density at radius 3 is 2.56 bits per heavy atom. The molecule has 3 nitrogen and oxygen atoms in total. The SMILES string of the molecule is O=Cc1ccccc1OCC(O)C(F)(F)F. The van der Waals surface area contributed by atoms with Crippen LogP contribution >= 0.6 is 0 Å². The average Bonchev–Trinajstić information content (AvgIpc) is 2.24. The minimum absolute atomic E-state index is 0.0146. The van der Waals surface area contributed by atoms with Crippen molar-refractivity contribution < 1.29 is 27.8 Å². The molecule has 0 amide bonds. The third-order valence-electron chi connectivity index (χ3n) is 1.82. The molecule has 0 heterocycles. The molecule has 0 saturated carbocycles. The third kappa shape index (κ3) is 3.23. The standard InChI is InChI=1S/C10H9F3O3/c11-10(12,13)9(15)6-16-8-4-2-1-3-7(8)5-14/h1-5,9,15H,6H2. The Bertz CT molecular complexity index is 363. The van der Waals surface area contributed by atoms with Gasteiger partial charge in [0.2, 0.25) is 0 Å². The second-order valence-electron chi connectivity index (χ2n) is 3.02. The zero-order valence-electron chi connectivity index (χ0n) is 8.07. The largest absolute Gasteiger partial charge is 0.490 e. The van der Waals surface area contributed by atoms with Gasteiger partial charge in [-0.25, -0.2) is 0 Å². The van der Waals surface area contributed by atoms with Crippen molar-refractivity contribution in [2.24, 2.45) is 0 Å². The van der Waals surface area contributed by atoms with Gasteiger partial charge in [-0.1, -0.05) is 12.1 Å². The normalized spacial score (nSPS) is 13.2. The van der Waals surface area contributed by atoms with E-state index in [1.165, 1.54) is 18.2 Å². The number of para-hydroxylation sites is 1. The molecule has 1 unspecified atom stereocenters. The van der Waals surface area contributed by atoms with Crippen LogP contribution in [0, 0.1) is 0 Å². The van der Waals surface area contributed by atoms with Crippen molar-refractivity contribution in [2.45, 2.75) is 12.3 Å². The molecule has 0 aromatic heterocycles. The fraction of sp³-hybridized carbons (Fsp3) is 0.300. The van der Waals surface area contributed by atoms with Crippen LogP contribution in [0.3, 0.4) is 0 Å². The summed E-state index contributed by atoms with van der Waals surface area (Å²) in [5.41, 5.74) is 0.136. The van der Waals surface area contributed by atoms with Crippen molar-refractivity contribution in [3.8, 4) is 5.75 Å². The van der Waals surface area contributed by atoms with E-state index in [0.717, 1.165) is 0 Å². The van der Waals surface area contributed by atoms with Crippen LogP contribution in [-0.2, 0) is 0 Å². The molecular weight excluding hydrogens is 225 g/mol. The number of hydrogen-bond acceptors (Lipinski definition) is 3. The minimum atomic E-state index is -4.73. The van der Waals surface area contributed by atoms with Crippen molar-refractivity contribution in [1.82, 2.24) is 0 Å². The van der Waals surface area contributed by atoms with Crippen molar-refractivity contribution in [2.75, 3.05) is 6.61 Å². The maximum atomic E-state index is 11.9. The molecule has 0 saturated heterocycles.